The minimum Gasteiger partial charge on any atom is -0.507 e. The molecule has 9 nitrogen and oxygen atoms in total. The highest BCUT2D eigenvalue weighted by molar-refractivity contribution is 5.71. The van der Waals surface area contributed by atoms with Crippen LogP contribution in [0, 0.1) is 6.92 Å². The van der Waals surface area contributed by atoms with Crippen molar-refractivity contribution in [1.82, 2.24) is 15.1 Å². The van der Waals surface area contributed by atoms with Gasteiger partial charge in [-0.3, -0.25) is 4.90 Å². The second-order valence-corrected chi connectivity index (χ2v) is 7.55. The van der Waals surface area contributed by atoms with Crippen molar-refractivity contribution in [2.75, 3.05) is 38.2 Å². The van der Waals surface area contributed by atoms with Crippen LogP contribution in [0.4, 0.5) is 14.6 Å². The van der Waals surface area contributed by atoms with Crippen LogP contribution < -0.4 is 10.1 Å². The number of aryl methyl sites for hydroxylation is 1. The van der Waals surface area contributed by atoms with Crippen LogP contribution in [0.3, 0.4) is 0 Å². The number of ether oxygens (including phenoxy) is 2. The number of hydrogen-bond donors (Lipinski definition) is 3. The fraction of sp³-hybridized carbons (Fsp3) is 0.476. The van der Waals surface area contributed by atoms with E-state index in [1.165, 1.54) is 12.1 Å². The Morgan fingerprint density at radius 3 is 2.84 bits per heavy atom. The van der Waals surface area contributed by atoms with E-state index in [9.17, 15) is 18.7 Å². The molecule has 0 amide bonds. The summed E-state index contributed by atoms with van der Waals surface area (Å²) in [5, 5.41) is 30.6. The van der Waals surface area contributed by atoms with Crippen LogP contribution in [0.2, 0.25) is 0 Å². The average Bonchev–Trinajstić information content (AvgIpc) is 2.72. The molecule has 2 heterocycles. The second-order valence-electron chi connectivity index (χ2n) is 7.55. The molecule has 32 heavy (non-hydrogen) atoms. The monoisotopic (exact) mass is 452 g/mol. The van der Waals surface area contributed by atoms with Gasteiger partial charge >= 0.3 is 12.6 Å². The molecule has 1 unspecified atom stereocenters. The molecule has 0 bridgehead atoms. The number of nitrogens with zero attached hydrogens (tertiary/aromatic N) is 3. The third-order valence-electron chi connectivity index (χ3n) is 5.07. The molecule has 11 heteroatoms. The van der Waals surface area contributed by atoms with Crippen LogP contribution in [0.15, 0.2) is 24.3 Å². The number of phenols is 1. The van der Waals surface area contributed by atoms with E-state index >= 15 is 0 Å². The number of halogens is 2. The van der Waals surface area contributed by atoms with E-state index in [2.05, 4.69) is 25.2 Å². The van der Waals surface area contributed by atoms with Crippen LogP contribution in [0.1, 0.15) is 18.4 Å². The molecule has 174 valence electrons. The van der Waals surface area contributed by atoms with Gasteiger partial charge in [0.1, 0.15) is 23.9 Å². The SMILES string of the molecule is Cc1cc(NC2CCCN(CCOCC(=O)O)C2)nnc1-c1ccc(OC(F)F)cc1O. The molecule has 2 aromatic rings. The molecule has 1 aliphatic rings. The zero-order valence-electron chi connectivity index (χ0n) is 17.6. The summed E-state index contributed by atoms with van der Waals surface area (Å²) in [6, 6.07) is 5.89. The summed E-state index contributed by atoms with van der Waals surface area (Å²) in [4.78, 5) is 12.7. The van der Waals surface area contributed by atoms with Gasteiger partial charge in [-0.2, -0.15) is 8.78 Å². The first-order valence-corrected chi connectivity index (χ1v) is 10.2. The van der Waals surface area contributed by atoms with Crippen molar-refractivity contribution in [3.05, 3.63) is 29.8 Å². The standard InChI is InChI=1S/C21H26F2N4O5/c1-13-9-18(24-14-3-2-6-27(11-14)7-8-31-12-19(29)30)25-26-20(13)16-5-4-15(10-17(16)28)32-21(22)23/h4-5,9-10,14,21,28H,2-3,6-8,11-12H2,1H3,(H,24,25)(H,29,30). The number of aromatic hydroxyl groups is 1. The Morgan fingerprint density at radius 2 is 2.16 bits per heavy atom. The lowest BCUT2D eigenvalue weighted by Gasteiger charge is -2.33. The Kier molecular flexibility index (Phi) is 8.12. The number of carboxylic acids is 1. The van der Waals surface area contributed by atoms with Gasteiger partial charge in [0.15, 0.2) is 0 Å². The van der Waals surface area contributed by atoms with Gasteiger partial charge in [0.2, 0.25) is 0 Å². The molecular formula is C21H26F2N4O5. The number of anilines is 1. The maximum atomic E-state index is 12.3. The fourth-order valence-electron chi connectivity index (χ4n) is 3.65. The number of aromatic nitrogens is 2. The number of carboxylic acid groups (broad SMARTS) is 1. The average molecular weight is 452 g/mol. The predicted octanol–water partition coefficient (Wildman–Crippen LogP) is 2.74. The second kappa shape index (κ2) is 11.0. The third kappa shape index (κ3) is 6.72. The summed E-state index contributed by atoms with van der Waals surface area (Å²) in [7, 11) is 0. The molecular weight excluding hydrogens is 426 g/mol. The molecule has 1 aromatic heterocycles. The smallest absolute Gasteiger partial charge is 0.387 e. The van der Waals surface area contributed by atoms with Crippen LogP contribution >= 0.6 is 0 Å². The molecule has 1 fully saturated rings. The van der Waals surface area contributed by atoms with Crippen molar-refractivity contribution >= 4 is 11.8 Å². The van der Waals surface area contributed by atoms with Gasteiger partial charge in [-0.15, -0.1) is 10.2 Å². The van der Waals surface area contributed by atoms with Gasteiger partial charge in [-0.25, -0.2) is 4.79 Å². The van der Waals surface area contributed by atoms with E-state index in [1.807, 2.05) is 13.0 Å². The highest BCUT2D eigenvalue weighted by Gasteiger charge is 2.21. The minimum atomic E-state index is -2.97. The van der Waals surface area contributed by atoms with Crippen molar-refractivity contribution < 1.29 is 33.3 Å². The summed E-state index contributed by atoms with van der Waals surface area (Å²) in [6.45, 7) is 1.25. The number of alkyl halides is 2. The number of nitrogens with one attached hydrogen (secondary N) is 1. The Bertz CT molecular complexity index is 931. The van der Waals surface area contributed by atoms with E-state index in [0.29, 0.717) is 30.2 Å². The lowest BCUT2D eigenvalue weighted by Crippen LogP contribution is -2.43. The van der Waals surface area contributed by atoms with Crippen LogP contribution in [-0.2, 0) is 9.53 Å². The Morgan fingerprint density at radius 1 is 1.34 bits per heavy atom. The molecule has 1 aliphatic heterocycles. The lowest BCUT2D eigenvalue weighted by molar-refractivity contribution is -0.142. The van der Waals surface area contributed by atoms with Gasteiger partial charge in [-0.05, 0) is 50.1 Å². The van der Waals surface area contributed by atoms with Gasteiger partial charge in [0.25, 0.3) is 0 Å². The first-order valence-electron chi connectivity index (χ1n) is 10.2. The Balaban J connectivity index is 1.60. The summed E-state index contributed by atoms with van der Waals surface area (Å²) in [6.07, 6.45) is 1.95. The fourth-order valence-corrected chi connectivity index (χ4v) is 3.65. The predicted molar refractivity (Wildman–Crippen MR) is 112 cm³/mol. The van der Waals surface area contributed by atoms with Crippen molar-refractivity contribution in [3.63, 3.8) is 0 Å². The molecule has 0 aliphatic carbocycles. The maximum absolute atomic E-state index is 12.3. The Labute approximate surface area is 184 Å². The van der Waals surface area contributed by atoms with Crippen molar-refractivity contribution in [2.45, 2.75) is 32.4 Å². The number of benzene rings is 1. The van der Waals surface area contributed by atoms with E-state index in [0.717, 1.165) is 37.6 Å². The molecule has 1 saturated heterocycles. The van der Waals surface area contributed by atoms with Gasteiger partial charge in [-0.1, -0.05) is 0 Å². The lowest BCUT2D eigenvalue weighted by atomic mass is 10.0. The normalized spacial score (nSPS) is 16.8. The van der Waals surface area contributed by atoms with Gasteiger partial charge in [0, 0.05) is 30.8 Å². The zero-order valence-corrected chi connectivity index (χ0v) is 17.6. The number of likely N-dealkylation sites (tertiary alicyclic amines) is 1. The first-order chi connectivity index (χ1) is 15.3. The van der Waals surface area contributed by atoms with Crippen LogP contribution in [0.5, 0.6) is 11.5 Å². The summed E-state index contributed by atoms with van der Waals surface area (Å²) < 4.78 is 34.1. The highest BCUT2D eigenvalue weighted by atomic mass is 19.3. The summed E-state index contributed by atoms with van der Waals surface area (Å²) in [5.41, 5.74) is 1.57. The third-order valence-corrected chi connectivity index (χ3v) is 5.07. The number of rotatable bonds is 10. The zero-order chi connectivity index (χ0) is 23.1. The number of piperidine rings is 1. The Hall–Kier alpha value is -3.05. The minimum absolute atomic E-state index is 0.139. The van der Waals surface area contributed by atoms with E-state index < -0.39 is 12.6 Å². The molecule has 1 aromatic carbocycles. The van der Waals surface area contributed by atoms with Crippen molar-refractivity contribution in [2.24, 2.45) is 0 Å². The summed E-state index contributed by atoms with van der Waals surface area (Å²) >= 11 is 0. The highest BCUT2D eigenvalue weighted by Crippen LogP contribution is 2.33. The molecule has 0 saturated carbocycles. The quantitative estimate of drug-likeness (QED) is 0.468. The van der Waals surface area contributed by atoms with E-state index in [1.54, 1.807) is 0 Å². The number of aliphatic carboxylic acids is 1. The first kappa shape index (κ1) is 23.6. The van der Waals surface area contributed by atoms with Gasteiger partial charge in [0.05, 0.1) is 12.3 Å². The molecule has 0 radical (unpaired) electrons. The summed E-state index contributed by atoms with van der Waals surface area (Å²) in [5.74, 6) is -0.752. The van der Waals surface area contributed by atoms with Crippen molar-refractivity contribution in [3.8, 4) is 22.8 Å². The number of hydrogen-bond acceptors (Lipinski definition) is 8. The molecule has 3 N–H and O–H groups in total. The number of carbonyl (C=O) groups is 1. The van der Waals surface area contributed by atoms with Crippen LogP contribution in [0.25, 0.3) is 11.3 Å². The van der Waals surface area contributed by atoms with Crippen molar-refractivity contribution in [1.29, 1.82) is 0 Å². The molecule has 3 rings (SSSR count). The maximum Gasteiger partial charge on any atom is 0.387 e. The van der Waals surface area contributed by atoms with E-state index in [4.69, 9.17) is 9.84 Å². The molecule has 1 atom stereocenters. The van der Waals surface area contributed by atoms with Gasteiger partial charge < -0.3 is 25.0 Å². The largest absolute Gasteiger partial charge is 0.507 e. The topological polar surface area (TPSA) is 117 Å². The van der Waals surface area contributed by atoms with Crippen LogP contribution in [-0.4, -0.2) is 76.8 Å². The van der Waals surface area contributed by atoms with E-state index in [-0.39, 0.29) is 24.1 Å². The molecule has 0 spiro atoms. The number of phenolic OH excluding ortho intramolecular Hbond substituents is 1.